The maximum absolute atomic E-state index is 5.86. The number of nitrogens with one attached hydrogen (secondary N) is 1. The zero-order chi connectivity index (χ0) is 13.2. The Kier molecular flexibility index (Phi) is 7.22. The summed E-state index contributed by atoms with van der Waals surface area (Å²) in [5.74, 6) is 0.739. The molecule has 1 aromatic rings. The standard InChI is InChI=1S/C14H24N2O2/c1-3-18-10-4-8-16-9-7-12-5-6-14(17-2)13(15)11-12/h5-6,11,16H,3-4,7-10,15H2,1-2H3. The molecule has 0 heterocycles. The smallest absolute Gasteiger partial charge is 0.141 e. The molecular weight excluding hydrogens is 228 g/mol. The Morgan fingerprint density at radius 3 is 2.78 bits per heavy atom. The Morgan fingerprint density at radius 2 is 2.11 bits per heavy atom. The first-order chi connectivity index (χ1) is 8.77. The van der Waals surface area contributed by atoms with Crippen molar-refractivity contribution in [2.75, 3.05) is 39.1 Å². The Morgan fingerprint density at radius 1 is 1.28 bits per heavy atom. The average Bonchev–Trinajstić information content (AvgIpc) is 2.38. The minimum Gasteiger partial charge on any atom is -0.495 e. The highest BCUT2D eigenvalue weighted by atomic mass is 16.5. The van der Waals surface area contributed by atoms with Gasteiger partial charge in [0.25, 0.3) is 0 Å². The van der Waals surface area contributed by atoms with Gasteiger partial charge in [-0.1, -0.05) is 6.07 Å². The molecule has 0 unspecified atom stereocenters. The van der Waals surface area contributed by atoms with Crippen molar-refractivity contribution in [3.8, 4) is 5.75 Å². The van der Waals surface area contributed by atoms with E-state index in [0.29, 0.717) is 5.69 Å². The van der Waals surface area contributed by atoms with Gasteiger partial charge in [0.1, 0.15) is 5.75 Å². The van der Waals surface area contributed by atoms with Crippen LogP contribution in [0.1, 0.15) is 18.9 Å². The molecule has 0 aliphatic heterocycles. The second kappa shape index (κ2) is 8.78. The predicted octanol–water partition coefficient (Wildman–Crippen LogP) is 1.84. The normalized spacial score (nSPS) is 10.6. The second-order valence-electron chi connectivity index (χ2n) is 4.13. The number of hydrogen-bond acceptors (Lipinski definition) is 4. The van der Waals surface area contributed by atoms with Crippen LogP contribution in [-0.4, -0.2) is 33.4 Å². The third-order valence-electron chi connectivity index (χ3n) is 2.73. The van der Waals surface area contributed by atoms with Gasteiger partial charge < -0.3 is 20.5 Å². The van der Waals surface area contributed by atoms with Crippen LogP contribution in [0, 0.1) is 0 Å². The van der Waals surface area contributed by atoms with Crippen molar-refractivity contribution < 1.29 is 9.47 Å². The number of ether oxygens (including phenoxy) is 2. The van der Waals surface area contributed by atoms with E-state index < -0.39 is 0 Å². The summed E-state index contributed by atoms with van der Waals surface area (Å²) in [5.41, 5.74) is 7.78. The van der Waals surface area contributed by atoms with Gasteiger partial charge >= 0.3 is 0 Å². The molecule has 102 valence electrons. The summed E-state index contributed by atoms with van der Waals surface area (Å²) in [6, 6.07) is 5.94. The van der Waals surface area contributed by atoms with E-state index in [9.17, 15) is 0 Å². The van der Waals surface area contributed by atoms with E-state index in [0.717, 1.165) is 44.9 Å². The van der Waals surface area contributed by atoms with E-state index in [1.54, 1.807) is 7.11 Å². The van der Waals surface area contributed by atoms with Crippen LogP contribution in [0.3, 0.4) is 0 Å². The number of hydrogen-bond donors (Lipinski definition) is 2. The number of anilines is 1. The van der Waals surface area contributed by atoms with Gasteiger partial charge in [-0.3, -0.25) is 0 Å². The van der Waals surface area contributed by atoms with Gasteiger partial charge in [-0.2, -0.15) is 0 Å². The van der Waals surface area contributed by atoms with Gasteiger partial charge in [-0.15, -0.1) is 0 Å². The molecule has 0 aliphatic carbocycles. The largest absolute Gasteiger partial charge is 0.495 e. The van der Waals surface area contributed by atoms with Crippen LogP contribution in [0.5, 0.6) is 5.75 Å². The summed E-state index contributed by atoms with van der Waals surface area (Å²) in [6.07, 6.45) is 2.03. The predicted molar refractivity (Wildman–Crippen MR) is 75.1 cm³/mol. The fourth-order valence-corrected chi connectivity index (χ4v) is 1.74. The van der Waals surface area contributed by atoms with E-state index in [1.807, 2.05) is 19.1 Å². The molecule has 0 saturated heterocycles. The second-order valence-corrected chi connectivity index (χ2v) is 4.13. The van der Waals surface area contributed by atoms with Crippen molar-refractivity contribution in [2.45, 2.75) is 19.8 Å². The first-order valence-electron chi connectivity index (χ1n) is 6.48. The lowest BCUT2D eigenvalue weighted by molar-refractivity contribution is 0.145. The molecule has 0 atom stereocenters. The van der Waals surface area contributed by atoms with Crippen LogP contribution in [0.15, 0.2) is 18.2 Å². The molecule has 3 N–H and O–H groups in total. The molecule has 1 aromatic carbocycles. The average molecular weight is 252 g/mol. The van der Waals surface area contributed by atoms with E-state index in [2.05, 4.69) is 11.4 Å². The lowest BCUT2D eigenvalue weighted by Crippen LogP contribution is -2.19. The van der Waals surface area contributed by atoms with Gasteiger partial charge in [-0.25, -0.2) is 0 Å². The fraction of sp³-hybridized carbons (Fsp3) is 0.571. The minimum atomic E-state index is 0.700. The molecule has 1 rings (SSSR count). The third-order valence-corrected chi connectivity index (χ3v) is 2.73. The maximum Gasteiger partial charge on any atom is 0.141 e. The summed E-state index contributed by atoms with van der Waals surface area (Å²) in [4.78, 5) is 0. The van der Waals surface area contributed by atoms with Crippen LogP contribution in [0.2, 0.25) is 0 Å². The molecule has 4 heteroatoms. The highest BCUT2D eigenvalue weighted by Gasteiger charge is 2.00. The zero-order valence-electron chi connectivity index (χ0n) is 11.4. The molecule has 0 amide bonds. The fourth-order valence-electron chi connectivity index (χ4n) is 1.74. The topological polar surface area (TPSA) is 56.5 Å². The van der Waals surface area contributed by atoms with Gasteiger partial charge in [0, 0.05) is 13.2 Å². The van der Waals surface area contributed by atoms with Crippen LogP contribution in [0.4, 0.5) is 5.69 Å². The van der Waals surface area contributed by atoms with Crippen molar-refractivity contribution >= 4 is 5.69 Å². The van der Waals surface area contributed by atoms with Crippen LogP contribution >= 0.6 is 0 Å². The summed E-state index contributed by atoms with van der Waals surface area (Å²) < 4.78 is 10.4. The maximum atomic E-state index is 5.86. The van der Waals surface area contributed by atoms with Crippen molar-refractivity contribution in [1.29, 1.82) is 0 Å². The number of nitrogen functional groups attached to an aromatic ring is 1. The SMILES string of the molecule is CCOCCCNCCc1ccc(OC)c(N)c1. The van der Waals surface area contributed by atoms with E-state index >= 15 is 0 Å². The summed E-state index contributed by atoms with van der Waals surface area (Å²) >= 11 is 0. The summed E-state index contributed by atoms with van der Waals surface area (Å²) in [6.45, 7) is 5.59. The molecule has 0 bridgehead atoms. The molecule has 0 fully saturated rings. The highest BCUT2D eigenvalue weighted by molar-refractivity contribution is 5.54. The van der Waals surface area contributed by atoms with Crippen LogP contribution in [0.25, 0.3) is 0 Å². The Labute approximate surface area is 109 Å². The number of benzene rings is 1. The molecule has 0 radical (unpaired) electrons. The molecule has 0 spiro atoms. The van der Waals surface area contributed by atoms with Gasteiger partial charge in [0.15, 0.2) is 0 Å². The number of rotatable bonds is 9. The lowest BCUT2D eigenvalue weighted by Gasteiger charge is -2.08. The molecule has 4 nitrogen and oxygen atoms in total. The van der Waals surface area contributed by atoms with Gasteiger partial charge in [-0.05, 0) is 50.6 Å². The Bertz CT molecular complexity index is 343. The van der Waals surface area contributed by atoms with Crippen molar-refractivity contribution in [3.05, 3.63) is 23.8 Å². The van der Waals surface area contributed by atoms with E-state index in [-0.39, 0.29) is 0 Å². The van der Waals surface area contributed by atoms with E-state index in [1.165, 1.54) is 5.56 Å². The highest BCUT2D eigenvalue weighted by Crippen LogP contribution is 2.21. The monoisotopic (exact) mass is 252 g/mol. The quantitative estimate of drug-likeness (QED) is 0.520. The number of methoxy groups -OCH3 is 1. The van der Waals surface area contributed by atoms with Crippen molar-refractivity contribution in [1.82, 2.24) is 5.32 Å². The summed E-state index contributed by atoms with van der Waals surface area (Å²) in [5, 5.41) is 3.39. The molecule has 18 heavy (non-hydrogen) atoms. The zero-order valence-corrected chi connectivity index (χ0v) is 11.4. The van der Waals surface area contributed by atoms with Crippen LogP contribution < -0.4 is 15.8 Å². The molecule has 0 aliphatic rings. The van der Waals surface area contributed by atoms with E-state index in [4.69, 9.17) is 15.2 Å². The minimum absolute atomic E-state index is 0.700. The van der Waals surface area contributed by atoms with Gasteiger partial charge in [0.05, 0.1) is 12.8 Å². The Balaban J connectivity index is 2.17. The molecule has 0 saturated carbocycles. The first kappa shape index (κ1) is 14.8. The number of nitrogens with two attached hydrogens (primary N) is 1. The lowest BCUT2D eigenvalue weighted by atomic mass is 10.1. The Hall–Kier alpha value is -1.26. The van der Waals surface area contributed by atoms with Crippen molar-refractivity contribution in [2.24, 2.45) is 0 Å². The first-order valence-corrected chi connectivity index (χ1v) is 6.48. The van der Waals surface area contributed by atoms with Crippen molar-refractivity contribution in [3.63, 3.8) is 0 Å². The van der Waals surface area contributed by atoms with Gasteiger partial charge in [0.2, 0.25) is 0 Å². The molecule has 0 aromatic heterocycles. The summed E-state index contributed by atoms with van der Waals surface area (Å²) in [7, 11) is 1.63. The molecular formula is C14H24N2O2. The van der Waals surface area contributed by atoms with Crippen LogP contribution in [-0.2, 0) is 11.2 Å². The third kappa shape index (κ3) is 5.38.